The van der Waals surface area contributed by atoms with Crippen LogP contribution in [0.15, 0.2) is 60.7 Å². The van der Waals surface area contributed by atoms with Gasteiger partial charge in [0, 0.05) is 7.11 Å². The average molecular weight is 278 g/mol. The highest BCUT2D eigenvalue weighted by Crippen LogP contribution is 2.03. The van der Waals surface area contributed by atoms with Crippen LogP contribution in [0.4, 0.5) is 0 Å². The minimum absolute atomic E-state index is 0.322. The molecule has 0 saturated heterocycles. The van der Waals surface area contributed by atoms with Crippen molar-refractivity contribution in [1.29, 1.82) is 0 Å². The van der Waals surface area contributed by atoms with E-state index in [1.165, 1.54) is 0 Å². The molecular weight excluding hydrogens is 256 g/mol. The maximum absolute atomic E-state index is 8.63. The van der Waals surface area contributed by atoms with Gasteiger partial charge < -0.3 is 20.1 Å². The number of hydrogen-bond donors (Lipinski definition) is 3. The second-order valence-corrected chi connectivity index (χ2v) is 3.98. The first-order valence-electron chi connectivity index (χ1n) is 6.21. The summed E-state index contributed by atoms with van der Waals surface area (Å²) in [5, 5.41) is 25.7. The van der Waals surface area contributed by atoms with Crippen LogP contribution in [0.25, 0.3) is 0 Å². The fraction of sp³-hybridized carbons (Fsp3) is 0.250. The number of para-hydroxylation sites is 2. The number of aromatic hydroxyl groups is 2. The van der Waals surface area contributed by atoms with Crippen LogP contribution >= 0.6 is 0 Å². The van der Waals surface area contributed by atoms with Crippen molar-refractivity contribution in [3.05, 3.63) is 60.7 Å². The van der Waals surface area contributed by atoms with Gasteiger partial charge in [-0.2, -0.15) is 0 Å². The molecule has 0 aromatic heterocycles. The zero-order valence-electron chi connectivity index (χ0n) is 11.8. The molecule has 2 aromatic carbocycles. The van der Waals surface area contributed by atoms with Crippen LogP contribution in [0.2, 0.25) is 0 Å². The van der Waals surface area contributed by atoms with Gasteiger partial charge in [0.15, 0.2) is 0 Å². The summed E-state index contributed by atoms with van der Waals surface area (Å²) in [5.74, 6) is 0.644. The van der Waals surface area contributed by atoms with E-state index >= 15 is 0 Å². The highest BCUT2D eigenvalue weighted by molar-refractivity contribution is 5.19. The Kier molecular flexibility index (Phi) is 10.8. The number of phenolic OH excluding ortho intramolecular Hbond substituents is 2. The summed E-state index contributed by atoms with van der Waals surface area (Å²) in [6.07, 6.45) is -0.324. The number of aliphatic hydroxyl groups excluding tert-OH is 1. The Labute approximate surface area is 119 Å². The first kappa shape index (κ1) is 18.0. The molecule has 0 amide bonds. The van der Waals surface area contributed by atoms with E-state index in [9.17, 15) is 0 Å². The van der Waals surface area contributed by atoms with E-state index in [-0.39, 0.29) is 6.10 Å². The molecule has 1 atom stereocenters. The van der Waals surface area contributed by atoms with Crippen molar-refractivity contribution in [2.24, 2.45) is 0 Å². The lowest BCUT2D eigenvalue weighted by Crippen LogP contribution is -2.07. The second kappa shape index (κ2) is 12.0. The van der Waals surface area contributed by atoms with Crippen LogP contribution < -0.4 is 0 Å². The molecule has 1 unspecified atom stereocenters. The quantitative estimate of drug-likeness (QED) is 0.790. The number of ether oxygens (including phenoxy) is 1. The molecule has 0 heterocycles. The minimum atomic E-state index is -0.324. The predicted octanol–water partition coefficient (Wildman–Crippen LogP) is 2.80. The molecule has 0 fully saturated rings. The van der Waals surface area contributed by atoms with E-state index in [1.807, 2.05) is 12.1 Å². The Bertz CT molecular complexity index is 378. The predicted molar refractivity (Wildman–Crippen MR) is 79.8 cm³/mol. The fourth-order valence-electron chi connectivity index (χ4n) is 1.10. The Morgan fingerprint density at radius 3 is 1.30 bits per heavy atom. The van der Waals surface area contributed by atoms with Crippen molar-refractivity contribution in [3.63, 3.8) is 0 Å². The molecule has 0 aliphatic heterocycles. The molecule has 0 aliphatic rings. The van der Waals surface area contributed by atoms with Crippen LogP contribution in [0.3, 0.4) is 0 Å². The Balaban J connectivity index is 0.000000272. The molecule has 3 N–H and O–H groups in total. The molecular formula is C16H22O4. The standard InChI is InChI=1S/2C6H6O.C4H10O2/c2*7-6-4-2-1-3-5-6;1-4(5)3-6-2/h2*1-5,7H;4-5H,3H2,1-2H3. The van der Waals surface area contributed by atoms with Crippen LogP contribution in [0, 0.1) is 0 Å². The lowest BCUT2D eigenvalue weighted by atomic mass is 10.3. The third-order valence-corrected chi connectivity index (χ3v) is 1.92. The highest BCUT2D eigenvalue weighted by Gasteiger charge is 1.87. The third-order valence-electron chi connectivity index (χ3n) is 1.92. The van der Waals surface area contributed by atoms with Crippen LogP contribution in [-0.4, -0.2) is 35.1 Å². The van der Waals surface area contributed by atoms with Gasteiger partial charge in [-0.3, -0.25) is 0 Å². The minimum Gasteiger partial charge on any atom is -0.508 e. The smallest absolute Gasteiger partial charge is 0.115 e. The summed E-state index contributed by atoms with van der Waals surface area (Å²) in [6.45, 7) is 2.11. The molecule has 2 rings (SSSR count). The highest BCUT2D eigenvalue weighted by atomic mass is 16.5. The SMILES string of the molecule is COCC(C)O.Oc1ccccc1.Oc1ccccc1. The van der Waals surface area contributed by atoms with E-state index in [0.717, 1.165) is 0 Å². The van der Waals surface area contributed by atoms with E-state index in [4.69, 9.17) is 15.3 Å². The fourth-order valence-corrected chi connectivity index (χ4v) is 1.10. The number of methoxy groups -OCH3 is 1. The lowest BCUT2D eigenvalue weighted by Gasteiger charge is -1.97. The number of rotatable bonds is 2. The molecule has 20 heavy (non-hydrogen) atoms. The summed E-state index contributed by atoms with van der Waals surface area (Å²) >= 11 is 0. The molecule has 0 radical (unpaired) electrons. The first-order valence-corrected chi connectivity index (χ1v) is 6.21. The van der Waals surface area contributed by atoms with Crippen LogP contribution in [-0.2, 0) is 4.74 Å². The molecule has 4 heteroatoms. The molecule has 0 aliphatic carbocycles. The third kappa shape index (κ3) is 12.4. The van der Waals surface area contributed by atoms with Gasteiger partial charge in [-0.25, -0.2) is 0 Å². The molecule has 2 aromatic rings. The topological polar surface area (TPSA) is 69.9 Å². The number of aliphatic hydroxyl groups is 1. The molecule has 4 nitrogen and oxygen atoms in total. The van der Waals surface area contributed by atoms with Crippen molar-refractivity contribution >= 4 is 0 Å². The van der Waals surface area contributed by atoms with Gasteiger partial charge in [-0.05, 0) is 31.2 Å². The molecule has 0 bridgehead atoms. The van der Waals surface area contributed by atoms with E-state index < -0.39 is 0 Å². The van der Waals surface area contributed by atoms with Gasteiger partial charge in [0.05, 0.1) is 12.7 Å². The summed E-state index contributed by atoms with van der Waals surface area (Å²) in [5.41, 5.74) is 0. The average Bonchev–Trinajstić information content (AvgIpc) is 2.42. The van der Waals surface area contributed by atoms with Gasteiger partial charge in [0.25, 0.3) is 0 Å². The van der Waals surface area contributed by atoms with E-state index in [0.29, 0.717) is 18.1 Å². The number of benzene rings is 2. The van der Waals surface area contributed by atoms with Gasteiger partial charge in [-0.15, -0.1) is 0 Å². The normalized spacial score (nSPS) is 10.3. The van der Waals surface area contributed by atoms with Crippen molar-refractivity contribution in [1.82, 2.24) is 0 Å². The maximum Gasteiger partial charge on any atom is 0.115 e. The van der Waals surface area contributed by atoms with Crippen molar-refractivity contribution in [2.45, 2.75) is 13.0 Å². The molecule has 0 spiro atoms. The monoisotopic (exact) mass is 278 g/mol. The van der Waals surface area contributed by atoms with Crippen LogP contribution in [0.5, 0.6) is 11.5 Å². The van der Waals surface area contributed by atoms with Gasteiger partial charge in [0.1, 0.15) is 11.5 Å². The van der Waals surface area contributed by atoms with Crippen molar-refractivity contribution < 1.29 is 20.1 Å². The van der Waals surface area contributed by atoms with Crippen molar-refractivity contribution in [3.8, 4) is 11.5 Å². The maximum atomic E-state index is 8.63. The zero-order valence-corrected chi connectivity index (χ0v) is 11.8. The van der Waals surface area contributed by atoms with Gasteiger partial charge >= 0.3 is 0 Å². The van der Waals surface area contributed by atoms with E-state index in [2.05, 4.69) is 4.74 Å². The summed E-state index contributed by atoms with van der Waals surface area (Å²) in [6, 6.07) is 17.4. The second-order valence-electron chi connectivity index (χ2n) is 3.98. The Morgan fingerprint density at radius 2 is 1.20 bits per heavy atom. The first-order chi connectivity index (χ1) is 9.56. The summed E-state index contributed by atoms with van der Waals surface area (Å²) in [7, 11) is 1.56. The van der Waals surface area contributed by atoms with Gasteiger partial charge in [-0.1, -0.05) is 36.4 Å². The Morgan fingerprint density at radius 1 is 0.850 bits per heavy atom. The number of hydrogen-bond acceptors (Lipinski definition) is 4. The molecule has 110 valence electrons. The Hall–Kier alpha value is -2.04. The largest absolute Gasteiger partial charge is 0.508 e. The summed E-state index contributed by atoms with van der Waals surface area (Å²) < 4.78 is 4.55. The zero-order chi connectivity index (χ0) is 15.2. The number of phenols is 2. The van der Waals surface area contributed by atoms with Gasteiger partial charge in [0.2, 0.25) is 0 Å². The molecule has 0 saturated carbocycles. The summed E-state index contributed by atoms with van der Waals surface area (Å²) in [4.78, 5) is 0. The lowest BCUT2D eigenvalue weighted by molar-refractivity contribution is 0.0765. The van der Waals surface area contributed by atoms with Crippen molar-refractivity contribution in [2.75, 3.05) is 13.7 Å². The van der Waals surface area contributed by atoms with E-state index in [1.54, 1.807) is 62.6 Å². The van der Waals surface area contributed by atoms with Crippen LogP contribution in [0.1, 0.15) is 6.92 Å².